The van der Waals surface area contributed by atoms with E-state index >= 15 is 0 Å². The number of carbonyl (C=O) groups is 3. The Morgan fingerprint density at radius 1 is 0.472 bits per heavy atom. The van der Waals surface area contributed by atoms with E-state index < -0.39 is 39.3 Å². The Morgan fingerprint density at radius 2 is 0.694 bits per heavy atom. The van der Waals surface area contributed by atoms with Crippen LogP contribution in [0.3, 0.4) is 0 Å². The minimum atomic E-state index is -0.846. The maximum Gasteiger partial charge on any atom is 0.467 e. The largest absolute Gasteiger partial charge is 0.467 e. The Balaban J connectivity index is 1.63. The van der Waals surface area contributed by atoms with Gasteiger partial charge in [0.1, 0.15) is 0 Å². The molecule has 0 atom stereocenters. The molecule has 1 fully saturated rings. The molecular weight excluding hydrogens is 465 g/mol. The normalized spacial score (nSPS) is 13.2. The lowest BCUT2D eigenvalue weighted by Gasteiger charge is -2.31. The van der Waals surface area contributed by atoms with E-state index in [1.54, 1.807) is 72.8 Å². The van der Waals surface area contributed by atoms with Crippen molar-refractivity contribution in [1.29, 1.82) is 0 Å². The summed E-state index contributed by atoms with van der Waals surface area (Å²) in [6, 6.07) is 19.9. The molecule has 36 heavy (non-hydrogen) atoms. The van der Waals surface area contributed by atoms with Gasteiger partial charge in [-0.25, -0.2) is 14.4 Å². The zero-order chi connectivity index (χ0) is 25.7. The summed E-state index contributed by atoms with van der Waals surface area (Å²) in [5.74, 6) is -1.37. The third-order valence-corrected chi connectivity index (χ3v) is 5.55. The number of rotatable bonds is 6. The molecule has 0 unspecified atom stereocenters. The standard InChI is InChI=1S/C24H21B3O9/c1-31-22(28)16-4-10-19(11-5-16)25-34-26(20-12-6-17(7-13-20)23(29)32-2)36-27(35-25)21-14-8-18(9-15-21)24(30)33-3/h4-15H,1-3H3. The Hall–Kier alpha value is -3.86. The van der Waals surface area contributed by atoms with E-state index in [4.69, 9.17) is 27.9 Å². The summed E-state index contributed by atoms with van der Waals surface area (Å²) >= 11 is 0. The van der Waals surface area contributed by atoms with Gasteiger partial charge in [0.15, 0.2) is 0 Å². The van der Waals surface area contributed by atoms with Gasteiger partial charge in [0.05, 0.1) is 38.0 Å². The van der Waals surface area contributed by atoms with Gasteiger partial charge >= 0.3 is 39.3 Å². The minimum absolute atomic E-state index is 0.387. The number of hydrogen-bond donors (Lipinski definition) is 0. The molecule has 3 aromatic carbocycles. The molecule has 1 saturated heterocycles. The first-order valence-electron chi connectivity index (χ1n) is 10.9. The van der Waals surface area contributed by atoms with Crippen molar-refractivity contribution in [3.63, 3.8) is 0 Å². The fourth-order valence-corrected chi connectivity index (χ4v) is 3.59. The van der Waals surface area contributed by atoms with Gasteiger partial charge in [-0.3, -0.25) is 0 Å². The molecule has 0 saturated carbocycles. The van der Waals surface area contributed by atoms with E-state index in [1.165, 1.54) is 21.3 Å². The maximum absolute atomic E-state index is 11.8. The Kier molecular flexibility index (Phi) is 7.89. The third-order valence-electron chi connectivity index (χ3n) is 5.55. The minimum Gasteiger partial charge on any atom is -0.465 e. The molecule has 0 aromatic heterocycles. The molecule has 9 nitrogen and oxygen atoms in total. The highest BCUT2D eigenvalue weighted by Crippen LogP contribution is 2.12. The van der Waals surface area contributed by atoms with E-state index in [0.29, 0.717) is 33.1 Å². The molecule has 0 aliphatic carbocycles. The molecule has 12 heteroatoms. The Labute approximate surface area is 209 Å². The second kappa shape index (κ2) is 11.3. The summed E-state index contributed by atoms with van der Waals surface area (Å²) in [6.45, 7) is 0. The fraction of sp³-hybridized carbons (Fsp3) is 0.125. The van der Waals surface area contributed by atoms with Crippen molar-refractivity contribution >= 4 is 55.7 Å². The fourth-order valence-electron chi connectivity index (χ4n) is 3.59. The first kappa shape index (κ1) is 25.2. The van der Waals surface area contributed by atoms with Crippen LogP contribution in [0, 0.1) is 0 Å². The van der Waals surface area contributed by atoms with Crippen LogP contribution < -0.4 is 16.4 Å². The molecule has 0 N–H and O–H groups in total. The van der Waals surface area contributed by atoms with Crippen LogP contribution in [0.4, 0.5) is 0 Å². The van der Waals surface area contributed by atoms with Crippen LogP contribution in [0.15, 0.2) is 72.8 Å². The molecule has 1 aliphatic rings. The molecule has 1 aliphatic heterocycles. The average molecular weight is 486 g/mol. The van der Waals surface area contributed by atoms with E-state index in [0.717, 1.165) is 0 Å². The number of esters is 3. The summed E-state index contributed by atoms with van der Waals surface area (Å²) in [5.41, 5.74) is 3.12. The van der Waals surface area contributed by atoms with Gasteiger partial charge in [-0.2, -0.15) is 0 Å². The summed E-state index contributed by atoms with van der Waals surface area (Å²) in [6.07, 6.45) is 0. The Morgan fingerprint density at radius 3 is 0.889 bits per heavy atom. The second-order valence-corrected chi connectivity index (χ2v) is 7.74. The van der Waals surface area contributed by atoms with Crippen molar-refractivity contribution in [3.8, 4) is 0 Å². The van der Waals surface area contributed by atoms with Crippen molar-refractivity contribution in [2.75, 3.05) is 21.3 Å². The summed E-state index contributed by atoms with van der Waals surface area (Å²) in [7, 11) is 1.40. The molecule has 4 rings (SSSR count). The van der Waals surface area contributed by atoms with E-state index in [1.807, 2.05) is 0 Å². The van der Waals surface area contributed by atoms with E-state index in [-0.39, 0.29) is 0 Å². The summed E-state index contributed by atoms with van der Waals surface area (Å²) in [4.78, 5) is 35.4. The molecule has 0 spiro atoms. The van der Waals surface area contributed by atoms with Gasteiger partial charge in [-0.1, -0.05) is 36.4 Å². The topological polar surface area (TPSA) is 107 Å². The first-order chi connectivity index (χ1) is 17.4. The molecule has 0 radical (unpaired) electrons. The highest BCUT2D eigenvalue weighted by atomic mass is 16.7. The highest BCUT2D eigenvalue weighted by molar-refractivity contribution is 6.87. The van der Waals surface area contributed by atoms with Crippen LogP contribution in [-0.2, 0) is 27.9 Å². The number of methoxy groups -OCH3 is 3. The molecule has 0 bridgehead atoms. The quantitative estimate of drug-likeness (QED) is 0.282. The monoisotopic (exact) mass is 486 g/mol. The van der Waals surface area contributed by atoms with Crippen LogP contribution in [0.25, 0.3) is 0 Å². The second-order valence-electron chi connectivity index (χ2n) is 7.74. The SMILES string of the molecule is COC(=O)c1ccc(B2OB(c3ccc(C(=O)OC)cc3)OB(c3ccc(C(=O)OC)cc3)O2)cc1. The summed E-state index contributed by atoms with van der Waals surface area (Å²) < 4.78 is 32.5. The third kappa shape index (κ3) is 5.51. The van der Waals surface area contributed by atoms with Gasteiger partial charge in [0.25, 0.3) is 0 Å². The molecule has 0 amide bonds. The predicted molar refractivity (Wildman–Crippen MR) is 133 cm³/mol. The molecular formula is C24H21B3O9. The van der Waals surface area contributed by atoms with Crippen molar-refractivity contribution in [1.82, 2.24) is 0 Å². The lowest BCUT2D eigenvalue weighted by Crippen LogP contribution is -2.61. The molecule has 3 aromatic rings. The average Bonchev–Trinajstić information content (AvgIpc) is 2.95. The number of carbonyl (C=O) groups excluding carboxylic acids is 3. The van der Waals surface area contributed by atoms with Crippen LogP contribution in [-0.4, -0.2) is 60.6 Å². The molecule has 1 heterocycles. The summed E-state index contributed by atoms with van der Waals surface area (Å²) in [5, 5.41) is 0. The smallest absolute Gasteiger partial charge is 0.465 e. The number of benzene rings is 3. The van der Waals surface area contributed by atoms with Gasteiger partial charge in [-0.05, 0) is 52.8 Å². The Bertz CT molecular complexity index is 1070. The first-order valence-corrected chi connectivity index (χ1v) is 10.9. The van der Waals surface area contributed by atoms with Gasteiger partial charge in [-0.15, -0.1) is 0 Å². The van der Waals surface area contributed by atoms with E-state index in [2.05, 4.69) is 0 Å². The number of hydrogen-bond acceptors (Lipinski definition) is 9. The van der Waals surface area contributed by atoms with Crippen LogP contribution in [0.5, 0.6) is 0 Å². The van der Waals surface area contributed by atoms with Gasteiger partial charge in [0, 0.05) is 0 Å². The van der Waals surface area contributed by atoms with Crippen molar-refractivity contribution in [3.05, 3.63) is 89.5 Å². The molecule has 180 valence electrons. The zero-order valence-corrected chi connectivity index (χ0v) is 19.8. The van der Waals surface area contributed by atoms with Gasteiger partial charge in [0.2, 0.25) is 0 Å². The van der Waals surface area contributed by atoms with E-state index in [9.17, 15) is 14.4 Å². The van der Waals surface area contributed by atoms with Crippen LogP contribution >= 0.6 is 0 Å². The maximum atomic E-state index is 11.8. The highest BCUT2D eigenvalue weighted by Gasteiger charge is 2.43. The lowest BCUT2D eigenvalue weighted by molar-refractivity contribution is 0.0592. The predicted octanol–water partition coefficient (Wildman–Crippen LogP) is 0.596. The lowest BCUT2D eigenvalue weighted by atomic mass is 9.61. The van der Waals surface area contributed by atoms with Crippen molar-refractivity contribution < 1.29 is 42.3 Å². The number of ether oxygens (including phenoxy) is 3. The van der Waals surface area contributed by atoms with Gasteiger partial charge < -0.3 is 27.9 Å². The van der Waals surface area contributed by atoms with Crippen molar-refractivity contribution in [2.45, 2.75) is 0 Å². The zero-order valence-electron chi connectivity index (χ0n) is 19.8. The van der Waals surface area contributed by atoms with Crippen LogP contribution in [0.2, 0.25) is 0 Å². The van der Waals surface area contributed by atoms with Crippen molar-refractivity contribution in [2.24, 2.45) is 0 Å². The van der Waals surface area contributed by atoms with Crippen LogP contribution in [0.1, 0.15) is 31.1 Å².